The van der Waals surface area contributed by atoms with Crippen molar-refractivity contribution in [3.05, 3.63) is 34.4 Å². The monoisotopic (exact) mass is 336 g/mol. The van der Waals surface area contributed by atoms with Gasteiger partial charge in [-0.1, -0.05) is 18.2 Å². The molecule has 1 aliphatic rings. The number of nitrogens with zero attached hydrogens (tertiary/aromatic N) is 2. The topological polar surface area (TPSA) is 34.5 Å². The van der Waals surface area contributed by atoms with E-state index in [1.54, 1.807) is 0 Å². The van der Waals surface area contributed by atoms with Crippen molar-refractivity contribution in [2.24, 2.45) is 7.05 Å². The quantitative estimate of drug-likeness (QED) is 0.802. The number of aryl methyl sites for hydroxylation is 1. The first-order chi connectivity index (χ1) is 9.61. The molecule has 0 spiro atoms. The number of benzene rings is 1. The average Bonchev–Trinajstić information content (AvgIpc) is 2.71. The zero-order valence-electron chi connectivity index (χ0n) is 11.6. The number of halogens is 1. The van der Waals surface area contributed by atoms with E-state index in [-0.39, 0.29) is 11.9 Å². The highest BCUT2D eigenvalue weighted by Crippen LogP contribution is 2.31. The van der Waals surface area contributed by atoms with Gasteiger partial charge >= 0.3 is 0 Å². The number of aromatic nitrogens is 1. The van der Waals surface area contributed by atoms with Gasteiger partial charge < -0.3 is 14.2 Å². The van der Waals surface area contributed by atoms with Crippen LogP contribution in [0, 0.1) is 0 Å². The van der Waals surface area contributed by atoms with E-state index in [1.165, 1.54) is 0 Å². The van der Waals surface area contributed by atoms with Crippen LogP contribution in [-0.4, -0.2) is 41.2 Å². The van der Waals surface area contributed by atoms with Gasteiger partial charge in [-0.15, -0.1) is 0 Å². The molecule has 3 rings (SSSR count). The number of ether oxygens (including phenoxy) is 1. The van der Waals surface area contributed by atoms with E-state index in [0.29, 0.717) is 25.5 Å². The summed E-state index contributed by atoms with van der Waals surface area (Å²) in [5, 5.41) is 1.07. The maximum Gasteiger partial charge on any atom is 0.272 e. The van der Waals surface area contributed by atoms with Crippen LogP contribution in [-0.2, 0) is 11.8 Å². The number of para-hydroxylation sites is 1. The maximum atomic E-state index is 12.8. The van der Waals surface area contributed by atoms with Crippen molar-refractivity contribution < 1.29 is 9.53 Å². The lowest BCUT2D eigenvalue weighted by Crippen LogP contribution is -2.47. The van der Waals surface area contributed by atoms with Crippen molar-refractivity contribution in [2.45, 2.75) is 13.0 Å². The molecular formula is C15H17BrN2O2. The van der Waals surface area contributed by atoms with Crippen molar-refractivity contribution in [2.75, 3.05) is 19.8 Å². The maximum absolute atomic E-state index is 12.8. The second-order valence-electron chi connectivity index (χ2n) is 5.16. The third-order valence-corrected chi connectivity index (χ3v) is 4.68. The predicted octanol–water partition coefficient (Wildman–Crippen LogP) is 2.80. The smallest absolute Gasteiger partial charge is 0.272 e. The van der Waals surface area contributed by atoms with Crippen LogP contribution in [0.1, 0.15) is 17.4 Å². The number of carbonyl (C=O) groups is 1. The third kappa shape index (κ3) is 2.05. The average molecular weight is 337 g/mol. The molecule has 0 radical (unpaired) electrons. The minimum Gasteiger partial charge on any atom is -0.377 e. The molecule has 0 bridgehead atoms. The molecule has 2 aromatic rings. The van der Waals surface area contributed by atoms with E-state index in [4.69, 9.17) is 4.74 Å². The SMILES string of the molecule is CC1COCCN1C(=O)c1c(Br)c2ccccc2n1C. The first-order valence-electron chi connectivity index (χ1n) is 6.73. The second-order valence-corrected chi connectivity index (χ2v) is 5.95. The Hall–Kier alpha value is -1.33. The predicted molar refractivity (Wildman–Crippen MR) is 81.9 cm³/mol. The van der Waals surface area contributed by atoms with E-state index >= 15 is 0 Å². The molecule has 0 saturated carbocycles. The Labute approximate surface area is 126 Å². The van der Waals surface area contributed by atoms with E-state index in [0.717, 1.165) is 15.4 Å². The van der Waals surface area contributed by atoms with E-state index in [9.17, 15) is 4.79 Å². The molecule has 1 saturated heterocycles. The summed E-state index contributed by atoms with van der Waals surface area (Å²) >= 11 is 3.59. The molecule has 1 amide bonds. The Morgan fingerprint density at radius 1 is 1.40 bits per heavy atom. The third-order valence-electron chi connectivity index (χ3n) is 3.88. The largest absolute Gasteiger partial charge is 0.377 e. The summed E-state index contributed by atoms with van der Waals surface area (Å²) in [6.07, 6.45) is 0. The van der Waals surface area contributed by atoms with Gasteiger partial charge in [0.15, 0.2) is 0 Å². The first-order valence-corrected chi connectivity index (χ1v) is 7.52. The van der Waals surface area contributed by atoms with Gasteiger partial charge in [0.2, 0.25) is 0 Å². The normalized spacial score (nSPS) is 19.6. The summed E-state index contributed by atoms with van der Waals surface area (Å²) in [4.78, 5) is 14.7. The molecular weight excluding hydrogens is 320 g/mol. The second kappa shape index (κ2) is 5.22. The fourth-order valence-corrected chi connectivity index (χ4v) is 3.52. The van der Waals surface area contributed by atoms with Crippen molar-refractivity contribution >= 4 is 32.7 Å². The van der Waals surface area contributed by atoms with Crippen LogP contribution in [0.2, 0.25) is 0 Å². The zero-order valence-corrected chi connectivity index (χ0v) is 13.2. The van der Waals surface area contributed by atoms with E-state index < -0.39 is 0 Å². The van der Waals surface area contributed by atoms with Crippen LogP contribution >= 0.6 is 15.9 Å². The molecule has 4 nitrogen and oxygen atoms in total. The number of hydrogen-bond acceptors (Lipinski definition) is 2. The highest BCUT2D eigenvalue weighted by atomic mass is 79.9. The van der Waals surface area contributed by atoms with Crippen molar-refractivity contribution in [3.63, 3.8) is 0 Å². The van der Waals surface area contributed by atoms with Gasteiger partial charge in [-0.3, -0.25) is 4.79 Å². The van der Waals surface area contributed by atoms with Gasteiger partial charge in [-0.2, -0.15) is 0 Å². The lowest BCUT2D eigenvalue weighted by Gasteiger charge is -2.33. The van der Waals surface area contributed by atoms with Crippen LogP contribution in [0.3, 0.4) is 0 Å². The van der Waals surface area contributed by atoms with Gasteiger partial charge in [0.25, 0.3) is 5.91 Å². The van der Waals surface area contributed by atoms with Gasteiger partial charge in [-0.05, 0) is 28.9 Å². The Bertz CT molecular complexity index is 626. The molecule has 106 valence electrons. The molecule has 2 heterocycles. The summed E-state index contributed by atoms with van der Waals surface area (Å²) in [6, 6.07) is 8.14. The molecule has 1 aromatic heterocycles. The molecule has 20 heavy (non-hydrogen) atoms. The fraction of sp³-hybridized carbons (Fsp3) is 0.400. The Kier molecular flexibility index (Phi) is 3.56. The van der Waals surface area contributed by atoms with Gasteiger partial charge in [-0.25, -0.2) is 0 Å². The molecule has 1 aliphatic heterocycles. The van der Waals surface area contributed by atoms with Gasteiger partial charge in [0.1, 0.15) is 5.69 Å². The lowest BCUT2D eigenvalue weighted by molar-refractivity contribution is 0.00305. The number of rotatable bonds is 1. The van der Waals surface area contributed by atoms with Crippen LogP contribution in [0.15, 0.2) is 28.7 Å². The van der Waals surface area contributed by atoms with Crippen LogP contribution < -0.4 is 0 Å². The summed E-state index contributed by atoms with van der Waals surface area (Å²) < 4.78 is 8.24. The minimum absolute atomic E-state index is 0.0615. The number of fused-ring (bicyclic) bond motifs is 1. The summed E-state index contributed by atoms with van der Waals surface area (Å²) in [7, 11) is 1.94. The van der Waals surface area contributed by atoms with Crippen LogP contribution in [0.25, 0.3) is 10.9 Å². The Morgan fingerprint density at radius 3 is 2.85 bits per heavy atom. The zero-order chi connectivity index (χ0) is 14.3. The number of amides is 1. The summed E-state index contributed by atoms with van der Waals surface area (Å²) in [5.41, 5.74) is 1.77. The number of carbonyl (C=O) groups excluding carboxylic acids is 1. The number of hydrogen-bond donors (Lipinski definition) is 0. The molecule has 0 N–H and O–H groups in total. The van der Waals surface area contributed by atoms with Crippen molar-refractivity contribution in [1.29, 1.82) is 0 Å². The Morgan fingerprint density at radius 2 is 2.15 bits per heavy atom. The van der Waals surface area contributed by atoms with E-state index in [2.05, 4.69) is 15.9 Å². The highest BCUT2D eigenvalue weighted by Gasteiger charge is 2.29. The first kappa shape index (κ1) is 13.6. The van der Waals surface area contributed by atoms with E-state index in [1.807, 2.05) is 47.7 Å². The van der Waals surface area contributed by atoms with Crippen LogP contribution in [0.4, 0.5) is 0 Å². The van der Waals surface area contributed by atoms with Crippen molar-refractivity contribution in [3.8, 4) is 0 Å². The van der Waals surface area contributed by atoms with Crippen LogP contribution in [0.5, 0.6) is 0 Å². The molecule has 1 aromatic carbocycles. The molecule has 5 heteroatoms. The number of morpholine rings is 1. The summed E-state index contributed by atoms with van der Waals surface area (Å²) in [6.45, 7) is 3.88. The highest BCUT2D eigenvalue weighted by molar-refractivity contribution is 9.10. The molecule has 1 atom stereocenters. The Balaban J connectivity index is 2.07. The molecule has 0 aliphatic carbocycles. The lowest BCUT2D eigenvalue weighted by atomic mass is 10.2. The summed E-state index contributed by atoms with van der Waals surface area (Å²) in [5.74, 6) is 0.0615. The molecule has 1 fully saturated rings. The van der Waals surface area contributed by atoms with Crippen molar-refractivity contribution in [1.82, 2.24) is 9.47 Å². The molecule has 1 unspecified atom stereocenters. The standard InChI is InChI=1S/C15H17BrN2O2/c1-10-9-20-8-7-18(10)15(19)14-13(16)11-5-3-4-6-12(11)17(14)2/h3-6,10H,7-9H2,1-2H3. The minimum atomic E-state index is 0.0615. The van der Waals surface area contributed by atoms with Gasteiger partial charge in [0, 0.05) is 24.5 Å². The van der Waals surface area contributed by atoms with Gasteiger partial charge in [0.05, 0.1) is 23.7 Å². The fourth-order valence-electron chi connectivity index (χ4n) is 2.75.